The number of nitrogens with one attached hydrogen (secondary N) is 1. The number of aliphatic hydroxyl groups is 1. The van der Waals surface area contributed by atoms with E-state index in [9.17, 15) is 14.3 Å². The lowest BCUT2D eigenvalue weighted by atomic mass is 10.1. The number of amides is 1. The molecule has 1 aliphatic rings. The zero-order valence-corrected chi connectivity index (χ0v) is 13.2. The minimum absolute atomic E-state index is 0.0516. The summed E-state index contributed by atoms with van der Waals surface area (Å²) in [5.74, 6) is -1.15. The Hall–Kier alpha value is -1.21. The second kappa shape index (κ2) is 7.37. The summed E-state index contributed by atoms with van der Waals surface area (Å²) in [6.45, 7) is 4.90. The molecule has 1 unspecified atom stereocenters. The molecule has 1 saturated heterocycles. The normalized spacial score (nSPS) is 18.7. The van der Waals surface area contributed by atoms with E-state index in [2.05, 4.69) is 10.2 Å². The van der Waals surface area contributed by atoms with Gasteiger partial charge in [0.2, 0.25) is 0 Å². The first kappa shape index (κ1) is 17.1. The first-order valence-electron chi connectivity index (χ1n) is 7.14. The Morgan fingerprint density at radius 3 is 2.86 bits per heavy atom. The fourth-order valence-electron chi connectivity index (χ4n) is 2.34. The van der Waals surface area contributed by atoms with Gasteiger partial charge in [0, 0.05) is 26.2 Å². The summed E-state index contributed by atoms with van der Waals surface area (Å²) < 4.78 is 18.6. The maximum Gasteiger partial charge on any atom is 0.253 e. The predicted molar refractivity (Wildman–Crippen MR) is 81.6 cm³/mol. The van der Waals surface area contributed by atoms with Crippen molar-refractivity contribution in [2.45, 2.75) is 12.5 Å². The number of nitrogens with zero attached hydrogens (tertiary/aromatic N) is 1. The Labute approximate surface area is 134 Å². The van der Waals surface area contributed by atoms with Crippen molar-refractivity contribution in [1.82, 2.24) is 10.2 Å². The van der Waals surface area contributed by atoms with Crippen LogP contribution in [0.15, 0.2) is 18.2 Å². The highest BCUT2D eigenvalue weighted by atomic mass is 35.5. The second-order valence-electron chi connectivity index (χ2n) is 5.67. The van der Waals surface area contributed by atoms with Crippen molar-refractivity contribution in [2.75, 3.05) is 39.4 Å². The van der Waals surface area contributed by atoms with Crippen molar-refractivity contribution in [3.05, 3.63) is 34.6 Å². The van der Waals surface area contributed by atoms with Gasteiger partial charge in [-0.05, 0) is 19.1 Å². The zero-order chi connectivity index (χ0) is 16.2. The Bertz CT molecular complexity index is 534. The van der Waals surface area contributed by atoms with E-state index >= 15 is 0 Å². The molecule has 0 spiro atoms. The van der Waals surface area contributed by atoms with Crippen LogP contribution in [0.25, 0.3) is 0 Å². The smallest absolute Gasteiger partial charge is 0.253 e. The van der Waals surface area contributed by atoms with Crippen LogP contribution < -0.4 is 5.32 Å². The maximum atomic E-state index is 13.3. The molecule has 0 radical (unpaired) electrons. The number of carbonyl (C=O) groups is 1. The molecule has 7 heteroatoms. The van der Waals surface area contributed by atoms with Gasteiger partial charge < -0.3 is 15.2 Å². The van der Waals surface area contributed by atoms with Gasteiger partial charge in [-0.15, -0.1) is 0 Å². The van der Waals surface area contributed by atoms with Crippen LogP contribution >= 0.6 is 11.6 Å². The fourth-order valence-corrected chi connectivity index (χ4v) is 2.55. The molecule has 1 heterocycles. The predicted octanol–water partition coefficient (Wildman–Crippen LogP) is 1.29. The second-order valence-corrected chi connectivity index (χ2v) is 6.05. The molecule has 0 aliphatic carbocycles. The van der Waals surface area contributed by atoms with Crippen LogP contribution in [0.2, 0.25) is 5.02 Å². The minimum Gasteiger partial charge on any atom is -0.387 e. The average Bonchev–Trinajstić information content (AvgIpc) is 2.48. The Morgan fingerprint density at radius 1 is 1.50 bits per heavy atom. The molecule has 122 valence electrons. The van der Waals surface area contributed by atoms with Crippen LogP contribution in [-0.2, 0) is 4.74 Å². The summed E-state index contributed by atoms with van der Waals surface area (Å²) in [6.07, 6.45) is 0. The number of hydrogen-bond donors (Lipinski definition) is 2. The third-order valence-corrected chi connectivity index (χ3v) is 3.88. The third-order valence-electron chi connectivity index (χ3n) is 3.49. The van der Waals surface area contributed by atoms with Crippen LogP contribution in [0.5, 0.6) is 0 Å². The van der Waals surface area contributed by atoms with E-state index in [1.54, 1.807) is 6.92 Å². The Morgan fingerprint density at radius 2 is 2.18 bits per heavy atom. The number of hydrogen-bond acceptors (Lipinski definition) is 4. The molecule has 1 aliphatic heterocycles. The molecule has 2 N–H and O–H groups in total. The van der Waals surface area contributed by atoms with Crippen molar-refractivity contribution in [2.24, 2.45) is 0 Å². The zero-order valence-electron chi connectivity index (χ0n) is 12.4. The number of morpholine rings is 1. The van der Waals surface area contributed by atoms with Crippen LogP contribution in [-0.4, -0.2) is 60.9 Å². The summed E-state index contributed by atoms with van der Waals surface area (Å²) in [7, 11) is 0. The number of ether oxygens (including phenoxy) is 1. The topological polar surface area (TPSA) is 61.8 Å². The van der Waals surface area contributed by atoms with Crippen LogP contribution in [0.4, 0.5) is 4.39 Å². The molecule has 1 amide bonds. The molecular weight excluding hydrogens is 311 g/mol. The third kappa shape index (κ3) is 4.64. The summed E-state index contributed by atoms with van der Waals surface area (Å²) in [6, 6.07) is 4.05. The van der Waals surface area contributed by atoms with E-state index in [1.165, 1.54) is 18.2 Å². The van der Waals surface area contributed by atoms with Crippen molar-refractivity contribution in [3.63, 3.8) is 0 Å². The molecule has 1 atom stereocenters. The maximum absolute atomic E-state index is 13.3. The van der Waals surface area contributed by atoms with Gasteiger partial charge in [-0.25, -0.2) is 4.39 Å². The molecule has 22 heavy (non-hydrogen) atoms. The number of halogens is 2. The monoisotopic (exact) mass is 330 g/mol. The van der Waals surface area contributed by atoms with Gasteiger partial charge >= 0.3 is 0 Å². The molecule has 5 nitrogen and oxygen atoms in total. The van der Waals surface area contributed by atoms with Gasteiger partial charge in [-0.2, -0.15) is 0 Å². The SMILES string of the molecule is CC(O)(CNC(=O)c1cccc(F)c1Cl)CN1CCOCC1. The van der Waals surface area contributed by atoms with Crippen molar-refractivity contribution in [3.8, 4) is 0 Å². The lowest BCUT2D eigenvalue weighted by Crippen LogP contribution is -2.51. The average molecular weight is 331 g/mol. The molecule has 1 fully saturated rings. The summed E-state index contributed by atoms with van der Waals surface area (Å²) >= 11 is 5.77. The molecule has 2 rings (SSSR count). The van der Waals surface area contributed by atoms with Gasteiger partial charge in [-0.3, -0.25) is 9.69 Å². The Kier molecular flexibility index (Phi) is 5.74. The quantitative estimate of drug-likeness (QED) is 0.854. The van der Waals surface area contributed by atoms with E-state index in [4.69, 9.17) is 16.3 Å². The summed E-state index contributed by atoms with van der Waals surface area (Å²) in [5, 5.41) is 12.8. The van der Waals surface area contributed by atoms with Crippen LogP contribution in [0.1, 0.15) is 17.3 Å². The first-order chi connectivity index (χ1) is 10.4. The molecule has 1 aromatic carbocycles. The minimum atomic E-state index is -1.09. The van der Waals surface area contributed by atoms with Gasteiger partial charge in [-0.1, -0.05) is 17.7 Å². The van der Waals surface area contributed by atoms with Crippen LogP contribution in [0, 0.1) is 5.82 Å². The van der Waals surface area contributed by atoms with E-state index in [-0.39, 0.29) is 17.1 Å². The largest absolute Gasteiger partial charge is 0.387 e. The van der Waals surface area contributed by atoms with Gasteiger partial charge in [0.1, 0.15) is 5.82 Å². The lowest BCUT2D eigenvalue weighted by molar-refractivity contribution is -0.0213. The Balaban J connectivity index is 1.90. The fraction of sp³-hybridized carbons (Fsp3) is 0.533. The summed E-state index contributed by atoms with van der Waals surface area (Å²) in [5.41, 5.74) is -1.03. The van der Waals surface area contributed by atoms with Crippen molar-refractivity contribution < 1.29 is 19.0 Å². The first-order valence-corrected chi connectivity index (χ1v) is 7.51. The van der Waals surface area contributed by atoms with Gasteiger partial charge in [0.15, 0.2) is 0 Å². The number of rotatable bonds is 5. The highest BCUT2D eigenvalue weighted by molar-refractivity contribution is 6.34. The molecule has 0 saturated carbocycles. The number of β-amino-alcohol motifs (C(OH)–C–C–N with tert-alkyl or cyclic N) is 1. The molecular formula is C15H20ClFN2O3. The standard InChI is InChI=1S/C15H20ClFN2O3/c1-15(21,10-19-5-7-22-8-6-19)9-18-14(20)11-3-2-4-12(17)13(11)16/h2-4,21H,5-10H2,1H3,(H,18,20). The number of benzene rings is 1. The van der Waals surface area contributed by atoms with Gasteiger partial charge in [0.05, 0.1) is 29.4 Å². The lowest BCUT2D eigenvalue weighted by Gasteiger charge is -2.33. The molecule has 0 bridgehead atoms. The van der Waals surface area contributed by atoms with E-state index in [1.807, 2.05) is 0 Å². The highest BCUT2D eigenvalue weighted by Crippen LogP contribution is 2.19. The van der Waals surface area contributed by atoms with Gasteiger partial charge in [0.25, 0.3) is 5.91 Å². The van der Waals surface area contributed by atoms with E-state index in [0.29, 0.717) is 19.8 Å². The molecule has 1 aromatic rings. The van der Waals surface area contributed by atoms with E-state index < -0.39 is 17.3 Å². The van der Waals surface area contributed by atoms with E-state index in [0.717, 1.165) is 13.1 Å². The van der Waals surface area contributed by atoms with Crippen molar-refractivity contribution in [1.29, 1.82) is 0 Å². The summed E-state index contributed by atoms with van der Waals surface area (Å²) in [4.78, 5) is 14.1. The molecule has 0 aromatic heterocycles. The van der Waals surface area contributed by atoms with Crippen LogP contribution in [0.3, 0.4) is 0 Å². The number of carbonyl (C=O) groups excluding carboxylic acids is 1. The van der Waals surface area contributed by atoms with Crippen molar-refractivity contribution >= 4 is 17.5 Å². The highest BCUT2D eigenvalue weighted by Gasteiger charge is 2.26.